The summed E-state index contributed by atoms with van der Waals surface area (Å²) in [5.41, 5.74) is 9.58. The molecule has 2 aromatic rings. The highest BCUT2D eigenvalue weighted by Gasteiger charge is 2.15. The fourth-order valence-electron chi connectivity index (χ4n) is 2.79. The van der Waals surface area contributed by atoms with Crippen LogP contribution in [0.2, 0.25) is 0 Å². The van der Waals surface area contributed by atoms with E-state index in [1.807, 2.05) is 6.07 Å². The quantitative estimate of drug-likeness (QED) is 0.851. The molecule has 0 radical (unpaired) electrons. The van der Waals surface area contributed by atoms with E-state index in [0.717, 1.165) is 36.7 Å². The maximum atomic E-state index is 11.2. The number of hydrogen-bond acceptors (Lipinski definition) is 2. The molecule has 0 bridgehead atoms. The molecule has 4 heteroatoms. The molecule has 108 valence electrons. The molecule has 0 aliphatic rings. The number of nitrogens with zero attached hydrogens (tertiary/aromatic N) is 1. The highest BCUT2D eigenvalue weighted by atomic mass is 16.4. The molecule has 0 spiro atoms. The number of hydrogen-bond donors (Lipinski definition) is 2. The molecule has 0 atom stereocenters. The van der Waals surface area contributed by atoms with Crippen LogP contribution in [-0.2, 0) is 13.0 Å². The summed E-state index contributed by atoms with van der Waals surface area (Å²) in [6.45, 7) is 5.80. The number of carboxylic acids is 1. The van der Waals surface area contributed by atoms with Crippen molar-refractivity contribution < 1.29 is 9.90 Å². The standard InChI is InChI=1S/C16H22N2O2/c1-3-5-13-11(2)18(9-4-8-17)15-7-6-12(16(19)20)10-14(13)15/h6-7,10H,3-5,8-9,17H2,1-2H3,(H,19,20). The summed E-state index contributed by atoms with van der Waals surface area (Å²) in [4.78, 5) is 11.2. The van der Waals surface area contributed by atoms with E-state index in [1.54, 1.807) is 12.1 Å². The fourth-order valence-corrected chi connectivity index (χ4v) is 2.79. The van der Waals surface area contributed by atoms with Gasteiger partial charge in [0.25, 0.3) is 0 Å². The summed E-state index contributed by atoms with van der Waals surface area (Å²) in [7, 11) is 0. The zero-order valence-electron chi connectivity index (χ0n) is 12.1. The van der Waals surface area contributed by atoms with Crippen LogP contribution in [0.5, 0.6) is 0 Å². The minimum atomic E-state index is -0.873. The molecular formula is C16H22N2O2. The first kappa shape index (κ1) is 14.6. The number of carbonyl (C=O) groups is 1. The zero-order valence-corrected chi connectivity index (χ0v) is 12.1. The maximum Gasteiger partial charge on any atom is 0.335 e. The van der Waals surface area contributed by atoms with Gasteiger partial charge < -0.3 is 15.4 Å². The van der Waals surface area contributed by atoms with Crippen molar-refractivity contribution in [3.63, 3.8) is 0 Å². The first-order chi connectivity index (χ1) is 9.60. The predicted molar refractivity (Wildman–Crippen MR) is 81.3 cm³/mol. The molecule has 0 fully saturated rings. The van der Waals surface area contributed by atoms with E-state index in [-0.39, 0.29) is 0 Å². The lowest BCUT2D eigenvalue weighted by atomic mass is 10.0. The van der Waals surface area contributed by atoms with Crippen molar-refractivity contribution in [1.82, 2.24) is 4.57 Å². The topological polar surface area (TPSA) is 68.2 Å². The van der Waals surface area contributed by atoms with Crippen LogP contribution in [0.15, 0.2) is 18.2 Å². The van der Waals surface area contributed by atoms with Crippen molar-refractivity contribution in [3.8, 4) is 0 Å². The number of fused-ring (bicyclic) bond motifs is 1. The van der Waals surface area contributed by atoms with Crippen molar-refractivity contribution in [1.29, 1.82) is 0 Å². The van der Waals surface area contributed by atoms with E-state index in [0.29, 0.717) is 12.1 Å². The molecule has 20 heavy (non-hydrogen) atoms. The van der Waals surface area contributed by atoms with Crippen molar-refractivity contribution in [2.24, 2.45) is 5.73 Å². The van der Waals surface area contributed by atoms with Gasteiger partial charge in [-0.3, -0.25) is 0 Å². The van der Waals surface area contributed by atoms with Crippen molar-refractivity contribution >= 4 is 16.9 Å². The number of benzene rings is 1. The number of nitrogens with two attached hydrogens (primary N) is 1. The van der Waals surface area contributed by atoms with Crippen LogP contribution < -0.4 is 5.73 Å². The fraction of sp³-hybridized carbons (Fsp3) is 0.438. The lowest BCUT2D eigenvalue weighted by Gasteiger charge is -2.07. The van der Waals surface area contributed by atoms with Crippen molar-refractivity contribution in [2.75, 3.05) is 6.54 Å². The molecule has 0 saturated heterocycles. The van der Waals surface area contributed by atoms with Crippen LogP contribution in [0.3, 0.4) is 0 Å². The van der Waals surface area contributed by atoms with Gasteiger partial charge >= 0.3 is 5.97 Å². The summed E-state index contributed by atoms with van der Waals surface area (Å²) in [5.74, 6) is -0.873. The molecule has 0 saturated carbocycles. The molecule has 1 aromatic heterocycles. The molecule has 3 N–H and O–H groups in total. The minimum absolute atomic E-state index is 0.353. The maximum absolute atomic E-state index is 11.2. The largest absolute Gasteiger partial charge is 0.478 e. The number of rotatable bonds is 6. The molecular weight excluding hydrogens is 252 g/mol. The Kier molecular flexibility index (Phi) is 4.45. The average molecular weight is 274 g/mol. The van der Waals surface area contributed by atoms with Crippen LogP contribution in [0.4, 0.5) is 0 Å². The van der Waals surface area contributed by atoms with Crippen LogP contribution in [0.25, 0.3) is 10.9 Å². The Hall–Kier alpha value is -1.81. The molecule has 1 aromatic carbocycles. The highest BCUT2D eigenvalue weighted by Crippen LogP contribution is 2.28. The smallest absolute Gasteiger partial charge is 0.335 e. The molecule has 4 nitrogen and oxygen atoms in total. The van der Waals surface area contributed by atoms with Crippen molar-refractivity contribution in [2.45, 2.75) is 39.7 Å². The Morgan fingerprint density at radius 3 is 2.75 bits per heavy atom. The van der Waals surface area contributed by atoms with Crippen LogP contribution >= 0.6 is 0 Å². The molecule has 0 unspecified atom stereocenters. The van der Waals surface area contributed by atoms with Crippen molar-refractivity contribution in [3.05, 3.63) is 35.0 Å². The molecule has 0 aliphatic carbocycles. The van der Waals surface area contributed by atoms with Crippen LogP contribution in [0.1, 0.15) is 41.4 Å². The van der Waals surface area contributed by atoms with Gasteiger partial charge in [0.1, 0.15) is 0 Å². The average Bonchev–Trinajstić information content (AvgIpc) is 2.69. The van der Waals surface area contributed by atoms with Crippen LogP contribution in [-0.4, -0.2) is 22.2 Å². The second-order valence-corrected chi connectivity index (χ2v) is 5.14. The predicted octanol–water partition coefficient (Wildman–Crippen LogP) is 2.95. The summed E-state index contributed by atoms with van der Waals surface area (Å²) in [6, 6.07) is 5.40. The summed E-state index contributed by atoms with van der Waals surface area (Å²) in [6.07, 6.45) is 2.95. The summed E-state index contributed by atoms with van der Waals surface area (Å²) >= 11 is 0. The van der Waals surface area contributed by atoms with E-state index in [1.165, 1.54) is 11.3 Å². The van der Waals surface area contributed by atoms with Gasteiger partial charge in [-0.15, -0.1) is 0 Å². The SMILES string of the molecule is CCCc1c(C)n(CCCN)c2ccc(C(=O)O)cc12. The number of aromatic nitrogens is 1. The number of carboxylic acid groups (broad SMARTS) is 1. The van der Waals surface area contributed by atoms with E-state index >= 15 is 0 Å². The monoisotopic (exact) mass is 274 g/mol. The van der Waals surface area contributed by atoms with Gasteiger partial charge in [-0.25, -0.2) is 4.79 Å². The Morgan fingerprint density at radius 2 is 2.15 bits per heavy atom. The lowest BCUT2D eigenvalue weighted by molar-refractivity contribution is 0.0697. The van der Waals surface area contributed by atoms with E-state index in [9.17, 15) is 4.79 Å². The van der Waals surface area contributed by atoms with Gasteiger partial charge in [-0.2, -0.15) is 0 Å². The second-order valence-electron chi connectivity index (χ2n) is 5.14. The molecule has 2 rings (SSSR count). The molecule has 0 amide bonds. The van der Waals surface area contributed by atoms with Gasteiger partial charge in [0, 0.05) is 23.1 Å². The second kappa shape index (κ2) is 6.09. The Balaban J connectivity index is 2.62. The van der Waals surface area contributed by atoms with Gasteiger partial charge in [-0.1, -0.05) is 13.3 Å². The first-order valence-corrected chi connectivity index (χ1v) is 7.15. The van der Waals surface area contributed by atoms with Crippen LogP contribution in [0, 0.1) is 6.92 Å². The van der Waals surface area contributed by atoms with Gasteiger partial charge in [0.05, 0.1) is 5.56 Å². The number of aromatic carboxylic acids is 1. The summed E-state index contributed by atoms with van der Waals surface area (Å²) < 4.78 is 2.26. The van der Waals surface area contributed by atoms with Gasteiger partial charge in [0.2, 0.25) is 0 Å². The van der Waals surface area contributed by atoms with E-state index in [4.69, 9.17) is 10.8 Å². The third-order valence-corrected chi connectivity index (χ3v) is 3.79. The first-order valence-electron chi connectivity index (χ1n) is 7.15. The Bertz CT molecular complexity index is 629. The lowest BCUT2D eigenvalue weighted by Crippen LogP contribution is -2.07. The van der Waals surface area contributed by atoms with Gasteiger partial charge in [0.15, 0.2) is 0 Å². The number of aryl methyl sites for hydroxylation is 2. The molecule has 1 heterocycles. The highest BCUT2D eigenvalue weighted by molar-refractivity contribution is 5.95. The third-order valence-electron chi connectivity index (χ3n) is 3.79. The normalized spacial score (nSPS) is 11.2. The van der Waals surface area contributed by atoms with E-state index in [2.05, 4.69) is 18.4 Å². The van der Waals surface area contributed by atoms with E-state index < -0.39 is 5.97 Å². The Labute approximate surface area is 119 Å². The Morgan fingerprint density at radius 1 is 1.40 bits per heavy atom. The summed E-state index contributed by atoms with van der Waals surface area (Å²) in [5, 5.41) is 10.2. The van der Waals surface area contributed by atoms with Gasteiger partial charge in [-0.05, 0) is 50.1 Å². The molecule has 0 aliphatic heterocycles. The minimum Gasteiger partial charge on any atom is -0.478 e. The third kappa shape index (κ3) is 2.56. The zero-order chi connectivity index (χ0) is 14.7.